The molecule has 0 spiro atoms. The predicted molar refractivity (Wildman–Crippen MR) is 109 cm³/mol. The van der Waals surface area contributed by atoms with Crippen LogP contribution in [-0.4, -0.2) is 87.2 Å². The minimum absolute atomic E-state index is 0.0917. The first kappa shape index (κ1) is 19.6. The maximum atomic E-state index is 12.0. The van der Waals surface area contributed by atoms with E-state index in [1.807, 2.05) is 16.8 Å². The van der Waals surface area contributed by atoms with Gasteiger partial charge >= 0.3 is 6.03 Å². The second-order valence-electron chi connectivity index (χ2n) is 8.11. The van der Waals surface area contributed by atoms with Crippen molar-refractivity contribution in [2.75, 3.05) is 65.7 Å². The Morgan fingerprint density at radius 3 is 2.85 bits per heavy atom. The molecular weight excluding hydrogens is 346 g/mol. The minimum atomic E-state index is -0.0917. The summed E-state index contributed by atoms with van der Waals surface area (Å²) in [6.07, 6.45) is 2.52. The lowest BCUT2D eigenvalue weighted by Gasteiger charge is -2.50. The molecule has 1 unspecified atom stereocenters. The van der Waals surface area contributed by atoms with Gasteiger partial charge in [0.2, 0.25) is 0 Å². The van der Waals surface area contributed by atoms with Crippen LogP contribution in [0.3, 0.4) is 0 Å². The molecule has 3 saturated heterocycles. The Labute approximate surface area is 161 Å². The van der Waals surface area contributed by atoms with Crippen LogP contribution in [0.15, 0.2) is 16.8 Å². The van der Waals surface area contributed by atoms with Crippen LogP contribution in [0.4, 0.5) is 10.5 Å². The number of carbonyl (C=O) groups is 1. The first-order valence-electron chi connectivity index (χ1n) is 9.65. The summed E-state index contributed by atoms with van der Waals surface area (Å²) in [6, 6.07) is 2.32. The average Bonchev–Trinajstić information content (AvgIpc) is 3.12. The predicted octanol–water partition coefficient (Wildman–Crippen LogP) is 2.07. The fourth-order valence-corrected chi connectivity index (χ4v) is 4.84. The number of hydrogen-bond donors (Lipinski definition) is 2. The Morgan fingerprint density at radius 1 is 1.35 bits per heavy atom. The van der Waals surface area contributed by atoms with E-state index in [1.54, 1.807) is 11.3 Å². The van der Waals surface area contributed by atoms with Crippen LogP contribution in [0.25, 0.3) is 0 Å². The van der Waals surface area contributed by atoms with Crippen molar-refractivity contribution in [2.24, 2.45) is 11.8 Å². The molecular formula is C19H33N5OS. The number of amides is 2. The van der Waals surface area contributed by atoms with Crippen LogP contribution < -0.4 is 10.6 Å². The number of anilines is 1. The first-order valence-corrected chi connectivity index (χ1v) is 10.6. The Hall–Kier alpha value is -1.15. The highest BCUT2D eigenvalue weighted by Crippen LogP contribution is 2.36. The lowest BCUT2D eigenvalue weighted by molar-refractivity contribution is -0.00849. The van der Waals surface area contributed by atoms with Gasteiger partial charge in [0, 0.05) is 44.1 Å². The summed E-state index contributed by atoms with van der Waals surface area (Å²) in [7, 11) is 6.51. The number of rotatable bonds is 8. The highest BCUT2D eigenvalue weighted by Gasteiger charge is 2.40. The molecule has 7 heteroatoms. The third kappa shape index (κ3) is 5.42. The number of nitrogens with one attached hydrogen (secondary N) is 2. The molecule has 2 N–H and O–H groups in total. The molecule has 26 heavy (non-hydrogen) atoms. The van der Waals surface area contributed by atoms with E-state index in [2.05, 4.69) is 46.5 Å². The van der Waals surface area contributed by atoms with Gasteiger partial charge in [-0.15, -0.1) is 0 Å². The highest BCUT2D eigenvalue weighted by molar-refractivity contribution is 7.08. The van der Waals surface area contributed by atoms with Crippen LogP contribution in [0, 0.1) is 11.8 Å². The first-order chi connectivity index (χ1) is 12.5. The standard InChI is InChI=1S/C19H33N5OS/c1-22(2)7-8-23(3)12-16-13-24-6-4-15(16)10-18(24)11-20-19(25)21-17-5-9-26-14-17/h5,9,14-16,18H,4,6-8,10-13H2,1-3H3,(H2,20,21,25)/t15-,16+,18+/m0/s1. The third-order valence-corrected chi connectivity index (χ3v) is 6.45. The van der Waals surface area contributed by atoms with E-state index >= 15 is 0 Å². The second kappa shape index (κ2) is 9.17. The van der Waals surface area contributed by atoms with E-state index in [-0.39, 0.29) is 6.03 Å². The van der Waals surface area contributed by atoms with Crippen LogP contribution in [0.1, 0.15) is 12.8 Å². The maximum absolute atomic E-state index is 12.0. The molecule has 0 radical (unpaired) electrons. The molecule has 6 nitrogen and oxygen atoms in total. The quantitative estimate of drug-likeness (QED) is 0.726. The van der Waals surface area contributed by atoms with Crippen molar-refractivity contribution in [1.82, 2.24) is 20.0 Å². The fraction of sp³-hybridized carbons (Fsp3) is 0.737. The number of piperidine rings is 3. The monoisotopic (exact) mass is 379 g/mol. The number of carbonyl (C=O) groups excluding carboxylic acids is 1. The van der Waals surface area contributed by atoms with Crippen LogP contribution in [-0.2, 0) is 0 Å². The van der Waals surface area contributed by atoms with Gasteiger partial charge in [0.25, 0.3) is 0 Å². The third-order valence-electron chi connectivity index (χ3n) is 5.77. The van der Waals surface area contributed by atoms with Crippen molar-refractivity contribution in [2.45, 2.75) is 18.9 Å². The number of urea groups is 1. The van der Waals surface area contributed by atoms with Gasteiger partial charge < -0.3 is 20.4 Å². The zero-order valence-corrected chi connectivity index (χ0v) is 17.1. The molecule has 4 heterocycles. The molecule has 3 fully saturated rings. The zero-order chi connectivity index (χ0) is 18.5. The molecule has 0 aromatic carbocycles. The van der Waals surface area contributed by atoms with Gasteiger partial charge in [-0.25, -0.2) is 4.79 Å². The summed E-state index contributed by atoms with van der Waals surface area (Å²) >= 11 is 1.59. The average molecular weight is 380 g/mol. The van der Waals surface area contributed by atoms with Gasteiger partial charge in [-0.05, 0) is 63.8 Å². The van der Waals surface area contributed by atoms with E-state index in [1.165, 1.54) is 32.5 Å². The van der Waals surface area contributed by atoms with Gasteiger partial charge in [-0.3, -0.25) is 4.90 Å². The summed E-state index contributed by atoms with van der Waals surface area (Å²) in [6.45, 7) is 6.54. The SMILES string of the molecule is CN(C)CCN(C)C[C@@H]1CN2CC[C@H]1C[C@@H]2CNC(=O)Nc1ccsc1. The van der Waals surface area contributed by atoms with Gasteiger partial charge in [-0.2, -0.15) is 11.3 Å². The number of fused-ring (bicyclic) bond motifs is 3. The van der Waals surface area contributed by atoms with E-state index in [0.717, 1.165) is 37.2 Å². The molecule has 4 atom stereocenters. The van der Waals surface area contributed by atoms with Gasteiger partial charge in [-0.1, -0.05) is 0 Å². The largest absolute Gasteiger partial charge is 0.336 e. The summed E-state index contributed by atoms with van der Waals surface area (Å²) in [5, 5.41) is 9.87. The molecule has 4 rings (SSSR count). The van der Waals surface area contributed by atoms with Gasteiger partial charge in [0.15, 0.2) is 0 Å². The Balaban J connectivity index is 1.41. The topological polar surface area (TPSA) is 50.9 Å². The van der Waals surface area contributed by atoms with Crippen molar-refractivity contribution in [3.05, 3.63) is 16.8 Å². The number of nitrogens with zero attached hydrogens (tertiary/aromatic N) is 3. The van der Waals surface area contributed by atoms with E-state index in [4.69, 9.17) is 0 Å². The molecule has 0 saturated carbocycles. The number of thiophene rings is 1. The molecule has 1 aromatic rings. The maximum Gasteiger partial charge on any atom is 0.319 e. The fourth-order valence-electron chi connectivity index (χ4n) is 4.25. The summed E-state index contributed by atoms with van der Waals surface area (Å²) in [5.74, 6) is 1.57. The molecule has 1 aromatic heterocycles. The number of likely N-dealkylation sites (N-methyl/N-ethyl adjacent to an activating group) is 2. The molecule has 3 aliphatic heterocycles. The van der Waals surface area contributed by atoms with Crippen LogP contribution in [0.2, 0.25) is 0 Å². The van der Waals surface area contributed by atoms with Crippen LogP contribution >= 0.6 is 11.3 Å². The molecule has 0 aliphatic carbocycles. The minimum Gasteiger partial charge on any atom is -0.336 e. The van der Waals surface area contributed by atoms with Crippen molar-refractivity contribution >= 4 is 23.1 Å². The smallest absolute Gasteiger partial charge is 0.319 e. The lowest BCUT2D eigenvalue weighted by atomic mass is 9.75. The van der Waals surface area contributed by atoms with Crippen molar-refractivity contribution in [3.8, 4) is 0 Å². The van der Waals surface area contributed by atoms with Crippen molar-refractivity contribution in [3.63, 3.8) is 0 Å². The van der Waals surface area contributed by atoms with Crippen molar-refractivity contribution in [1.29, 1.82) is 0 Å². The van der Waals surface area contributed by atoms with E-state index in [9.17, 15) is 4.79 Å². The zero-order valence-electron chi connectivity index (χ0n) is 16.3. The molecule has 2 amide bonds. The van der Waals surface area contributed by atoms with Crippen LogP contribution in [0.5, 0.6) is 0 Å². The molecule has 146 valence electrons. The normalized spacial score (nSPS) is 27.9. The Bertz CT molecular complexity index is 564. The molecule has 3 aliphatic rings. The summed E-state index contributed by atoms with van der Waals surface area (Å²) in [5.41, 5.74) is 0.874. The summed E-state index contributed by atoms with van der Waals surface area (Å²) < 4.78 is 0. The van der Waals surface area contributed by atoms with Gasteiger partial charge in [0.05, 0.1) is 5.69 Å². The summed E-state index contributed by atoms with van der Waals surface area (Å²) in [4.78, 5) is 19.4. The Kier molecular flexibility index (Phi) is 6.92. The van der Waals surface area contributed by atoms with Gasteiger partial charge in [0.1, 0.15) is 0 Å². The lowest BCUT2D eigenvalue weighted by Crippen LogP contribution is -2.58. The number of hydrogen-bond acceptors (Lipinski definition) is 5. The van der Waals surface area contributed by atoms with E-state index < -0.39 is 0 Å². The van der Waals surface area contributed by atoms with E-state index in [0.29, 0.717) is 6.04 Å². The molecule has 2 bridgehead atoms. The second-order valence-corrected chi connectivity index (χ2v) is 8.89. The highest BCUT2D eigenvalue weighted by atomic mass is 32.1. The Morgan fingerprint density at radius 2 is 2.19 bits per heavy atom. The van der Waals surface area contributed by atoms with Crippen molar-refractivity contribution < 1.29 is 4.79 Å².